The van der Waals surface area contributed by atoms with E-state index in [0.29, 0.717) is 17.4 Å². The molecular weight excluding hydrogens is 338 g/mol. The van der Waals surface area contributed by atoms with Gasteiger partial charge in [0, 0.05) is 38.4 Å². The molecule has 6 heteroatoms. The molecule has 1 saturated heterocycles. The maximum Gasteiger partial charge on any atom is 0.274 e. The molecular formula is C21H23N5O. The van der Waals surface area contributed by atoms with E-state index in [2.05, 4.69) is 39.2 Å². The van der Waals surface area contributed by atoms with Gasteiger partial charge in [-0.1, -0.05) is 24.3 Å². The minimum absolute atomic E-state index is 0.0311. The molecule has 0 N–H and O–H groups in total. The van der Waals surface area contributed by atoms with Gasteiger partial charge in [0.05, 0.1) is 6.20 Å². The third-order valence-corrected chi connectivity index (χ3v) is 5.93. The highest BCUT2D eigenvalue weighted by Gasteiger charge is 2.30. The van der Waals surface area contributed by atoms with Gasteiger partial charge in [-0.3, -0.25) is 9.69 Å². The van der Waals surface area contributed by atoms with Gasteiger partial charge in [0.2, 0.25) is 0 Å². The Kier molecular flexibility index (Phi) is 4.13. The molecule has 3 aromatic rings. The first kappa shape index (κ1) is 16.4. The lowest BCUT2D eigenvalue weighted by molar-refractivity contribution is 0.0592. The minimum atomic E-state index is 0.0311. The first-order valence-electron chi connectivity index (χ1n) is 9.68. The molecule has 2 aromatic heterocycles. The first-order valence-corrected chi connectivity index (χ1v) is 9.68. The Morgan fingerprint density at radius 1 is 1.00 bits per heavy atom. The summed E-state index contributed by atoms with van der Waals surface area (Å²) in [6, 6.07) is 13.0. The zero-order chi connectivity index (χ0) is 18.2. The molecule has 0 unspecified atom stereocenters. The molecule has 1 fully saturated rings. The summed E-state index contributed by atoms with van der Waals surface area (Å²) in [7, 11) is 0. The Bertz CT molecular complexity index is 973. The normalized spacial score (nSPS) is 18.6. The summed E-state index contributed by atoms with van der Waals surface area (Å²) >= 11 is 0. The fourth-order valence-corrected chi connectivity index (χ4v) is 4.40. The van der Waals surface area contributed by atoms with Crippen molar-refractivity contribution in [2.75, 3.05) is 19.6 Å². The Labute approximate surface area is 158 Å². The Morgan fingerprint density at radius 2 is 1.81 bits per heavy atom. The second-order valence-corrected chi connectivity index (χ2v) is 7.45. The summed E-state index contributed by atoms with van der Waals surface area (Å²) in [6.45, 7) is 3.74. The van der Waals surface area contributed by atoms with Crippen molar-refractivity contribution in [1.29, 1.82) is 0 Å². The smallest absolute Gasteiger partial charge is 0.274 e. The van der Waals surface area contributed by atoms with Crippen molar-refractivity contribution >= 4 is 11.6 Å². The van der Waals surface area contributed by atoms with Gasteiger partial charge in [0.25, 0.3) is 5.91 Å². The highest BCUT2D eigenvalue weighted by Crippen LogP contribution is 2.25. The van der Waals surface area contributed by atoms with Gasteiger partial charge >= 0.3 is 0 Å². The van der Waals surface area contributed by atoms with E-state index in [1.165, 1.54) is 11.1 Å². The van der Waals surface area contributed by atoms with Crippen molar-refractivity contribution in [1.82, 2.24) is 24.4 Å². The van der Waals surface area contributed by atoms with Crippen molar-refractivity contribution in [3.63, 3.8) is 0 Å². The van der Waals surface area contributed by atoms with E-state index in [-0.39, 0.29) is 5.91 Å². The molecule has 0 radical (unpaired) electrons. The van der Waals surface area contributed by atoms with E-state index in [9.17, 15) is 4.79 Å². The van der Waals surface area contributed by atoms with E-state index in [1.807, 2.05) is 17.0 Å². The monoisotopic (exact) mass is 361 g/mol. The van der Waals surface area contributed by atoms with Gasteiger partial charge in [-0.15, -0.1) is 0 Å². The van der Waals surface area contributed by atoms with Crippen LogP contribution in [0.3, 0.4) is 0 Å². The predicted molar refractivity (Wildman–Crippen MR) is 102 cm³/mol. The maximum atomic E-state index is 12.9. The molecule has 2 aliphatic heterocycles. The molecule has 0 bridgehead atoms. The molecule has 27 heavy (non-hydrogen) atoms. The van der Waals surface area contributed by atoms with Crippen LogP contribution in [-0.4, -0.2) is 56.0 Å². The van der Waals surface area contributed by atoms with Crippen molar-refractivity contribution in [2.24, 2.45) is 0 Å². The number of nitrogens with zero attached hydrogens (tertiary/aromatic N) is 5. The lowest BCUT2D eigenvalue weighted by Gasteiger charge is -2.40. The Morgan fingerprint density at radius 3 is 2.67 bits per heavy atom. The third-order valence-electron chi connectivity index (χ3n) is 5.93. The van der Waals surface area contributed by atoms with Crippen LogP contribution < -0.4 is 0 Å². The quantitative estimate of drug-likeness (QED) is 0.703. The fourth-order valence-electron chi connectivity index (χ4n) is 4.40. The number of aromatic nitrogens is 3. The van der Waals surface area contributed by atoms with Crippen molar-refractivity contribution in [3.05, 3.63) is 65.6 Å². The second-order valence-electron chi connectivity index (χ2n) is 7.45. The molecule has 1 aromatic carbocycles. The van der Waals surface area contributed by atoms with Gasteiger partial charge in [-0.05, 0) is 42.5 Å². The standard InChI is InChI=1S/C21H23N5O/c27-21(19-14-22-20-6-3-10-23-26(19)20)24-12-8-18(9-13-24)25-11-7-16-4-1-2-5-17(16)15-25/h1-6,10,14,18H,7-9,11-13,15H2. The molecule has 1 amide bonds. The molecule has 0 spiro atoms. The van der Waals surface area contributed by atoms with Crippen LogP contribution in [0.2, 0.25) is 0 Å². The zero-order valence-electron chi connectivity index (χ0n) is 15.3. The number of hydrogen-bond donors (Lipinski definition) is 0. The zero-order valence-corrected chi connectivity index (χ0v) is 15.3. The van der Waals surface area contributed by atoms with Crippen LogP contribution in [0.25, 0.3) is 5.65 Å². The number of carbonyl (C=O) groups excluding carboxylic acids is 1. The van der Waals surface area contributed by atoms with E-state index in [4.69, 9.17) is 0 Å². The number of amides is 1. The van der Waals surface area contributed by atoms with Crippen molar-refractivity contribution in [3.8, 4) is 0 Å². The van der Waals surface area contributed by atoms with Gasteiger partial charge in [0.15, 0.2) is 11.3 Å². The topological polar surface area (TPSA) is 53.7 Å². The number of piperidine rings is 1. The Balaban J connectivity index is 1.25. The molecule has 5 rings (SSSR count). The lowest BCUT2D eigenvalue weighted by atomic mass is 9.95. The molecule has 4 heterocycles. The first-order chi connectivity index (χ1) is 13.3. The van der Waals surface area contributed by atoms with Crippen LogP contribution in [0.5, 0.6) is 0 Å². The number of fused-ring (bicyclic) bond motifs is 2. The van der Waals surface area contributed by atoms with Crippen molar-refractivity contribution in [2.45, 2.75) is 31.8 Å². The van der Waals surface area contributed by atoms with Crippen LogP contribution in [0, 0.1) is 0 Å². The summed E-state index contributed by atoms with van der Waals surface area (Å²) in [6.07, 6.45) is 6.50. The number of imidazole rings is 1. The van der Waals surface area contributed by atoms with Crippen LogP contribution in [0.4, 0.5) is 0 Å². The van der Waals surface area contributed by atoms with Crippen molar-refractivity contribution < 1.29 is 4.79 Å². The van der Waals surface area contributed by atoms with Crippen LogP contribution in [-0.2, 0) is 13.0 Å². The number of rotatable bonds is 2. The van der Waals surface area contributed by atoms with E-state index < -0.39 is 0 Å². The second kappa shape index (κ2) is 6.78. The largest absolute Gasteiger partial charge is 0.337 e. The third kappa shape index (κ3) is 3.00. The van der Waals surface area contributed by atoms with Crippen LogP contribution in [0.15, 0.2) is 48.8 Å². The highest BCUT2D eigenvalue weighted by molar-refractivity contribution is 5.93. The van der Waals surface area contributed by atoms with Gasteiger partial charge < -0.3 is 4.90 Å². The average Bonchev–Trinajstić information content (AvgIpc) is 3.17. The highest BCUT2D eigenvalue weighted by atomic mass is 16.2. The SMILES string of the molecule is O=C(c1cnc2cccnn12)N1CCC(N2CCc3ccccc3C2)CC1. The summed E-state index contributed by atoms with van der Waals surface area (Å²) in [5.74, 6) is 0.0311. The lowest BCUT2D eigenvalue weighted by Crippen LogP contribution is -2.48. The molecule has 0 saturated carbocycles. The van der Waals surface area contributed by atoms with Crippen LogP contribution in [0.1, 0.15) is 34.5 Å². The molecule has 138 valence electrons. The predicted octanol–water partition coefficient (Wildman–Crippen LogP) is 2.39. The fraction of sp³-hybridized carbons (Fsp3) is 0.381. The van der Waals surface area contributed by atoms with Gasteiger partial charge in [0.1, 0.15) is 0 Å². The van der Waals surface area contributed by atoms with E-state index >= 15 is 0 Å². The van der Waals surface area contributed by atoms with Crippen LogP contribution >= 0.6 is 0 Å². The van der Waals surface area contributed by atoms with Gasteiger partial charge in [-0.25, -0.2) is 9.50 Å². The molecule has 0 atom stereocenters. The number of likely N-dealkylation sites (tertiary alicyclic amines) is 1. The molecule has 0 aliphatic carbocycles. The Hall–Kier alpha value is -2.73. The average molecular weight is 361 g/mol. The summed E-state index contributed by atoms with van der Waals surface area (Å²) in [5, 5.41) is 4.27. The number of hydrogen-bond acceptors (Lipinski definition) is 4. The number of benzene rings is 1. The minimum Gasteiger partial charge on any atom is -0.337 e. The summed E-state index contributed by atoms with van der Waals surface area (Å²) in [5.41, 5.74) is 4.21. The van der Waals surface area contributed by atoms with E-state index in [0.717, 1.165) is 45.4 Å². The van der Waals surface area contributed by atoms with E-state index in [1.54, 1.807) is 16.9 Å². The maximum absolute atomic E-state index is 12.9. The molecule has 6 nitrogen and oxygen atoms in total. The summed E-state index contributed by atoms with van der Waals surface area (Å²) in [4.78, 5) is 21.8. The summed E-state index contributed by atoms with van der Waals surface area (Å²) < 4.78 is 1.63. The molecule has 2 aliphatic rings. The number of carbonyl (C=O) groups is 1. The van der Waals surface area contributed by atoms with Gasteiger partial charge in [-0.2, -0.15) is 5.10 Å².